The Morgan fingerprint density at radius 1 is 1.31 bits per heavy atom. The summed E-state index contributed by atoms with van der Waals surface area (Å²) in [5.74, 6) is 1.70. The van der Waals surface area contributed by atoms with Crippen LogP contribution in [0.2, 0.25) is 0 Å². The second kappa shape index (κ2) is 6.61. The normalized spacial score (nSPS) is 30.9. The van der Waals surface area contributed by atoms with Crippen LogP contribution in [0.1, 0.15) is 59.3 Å². The van der Waals surface area contributed by atoms with Crippen molar-refractivity contribution in [3.05, 3.63) is 0 Å². The Balaban J connectivity index is 2.38. The van der Waals surface area contributed by atoms with Crippen LogP contribution in [0.15, 0.2) is 0 Å². The van der Waals surface area contributed by atoms with E-state index in [1.165, 1.54) is 19.3 Å². The molecule has 0 aliphatic heterocycles. The van der Waals surface area contributed by atoms with Gasteiger partial charge in [0, 0.05) is 13.2 Å². The highest BCUT2D eigenvalue weighted by Crippen LogP contribution is 2.37. The van der Waals surface area contributed by atoms with Crippen molar-refractivity contribution in [2.45, 2.75) is 64.9 Å². The van der Waals surface area contributed by atoms with Gasteiger partial charge in [-0.05, 0) is 43.9 Å². The maximum atomic E-state index is 6.06. The van der Waals surface area contributed by atoms with Crippen molar-refractivity contribution < 1.29 is 4.74 Å². The average molecular weight is 227 g/mol. The zero-order valence-corrected chi connectivity index (χ0v) is 11.3. The summed E-state index contributed by atoms with van der Waals surface area (Å²) in [4.78, 5) is 0. The average Bonchev–Trinajstić information content (AvgIpc) is 2.30. The number of hydrogen-bond acceptors (Lipinski definition) is 2. The van der Waals surface area contributed by atoms with E-state index in [1.807, 2.05) is 0 Å². The molecule has 0 radical (unpaired) electrons. The van der Waals surface area contributed by atoms with E-state index in [4.69, 9.17) is 10.5 Å². The van der Waals surface area contributed by atoms with Crippen LogP contribution in [0.25, 0.3) is 0 Å². The zero-order chi connectivity index (χ0) is 12.0. The molecule has 0 aromatic heterocycles. The third-order valence-electron chi connectivity index (χ3n) is 4.16. The van der Waals surface area contributed by atoms with E-state index in [-0.39, 0.29) is 5.60 Å². The summed E-state index contributed by atoms with van der Waals surface area (Å²) in [6, 6.07) is 0. The monoisotopic (exact) mass is 227 g/mol. The van der Waals surface area contributed by atoms with Gasteiger partial charge in [-0.15, -0.1) is 0 Å². The van der Waals surface area contributed by atoms with Gasteiger partial charge in [-0.25, -0.2) is 0 Å². The highest BCUT2D eigenvalue weighted by Gasteiger charge is 2.35. The molecule has 2 nitrogen and oxygen atoms in total. The Kier molecular flexibility index (Phi) is 5.77. The molecule has 0 heterocycles. The van der Waals surface area contributed by atoms with Gasteiger partial charge in [0.05, 0.1) is 5.60 Å². The van der Waals surface area contributed by atoms with Gasteiger partial charge in [0.15, 0.2) is 0 Å². The van der Waals surface area contributed by atoms with Crippen molar-refractivity contribution >= 4 is 0 Å². The molecule has 0 atom stereocenters. The minimum Gasteiger partial charge on any atom is -0.374 e. The summed E-state index contributed by atoms with van der Waals surface area (Å²) in [6.45, 7) is 8.45. The number of hydrogen-bond donors (Lipinski definition) is 1. The minimum atomic E-state index is 0.0144. The van der Waals surface area contributed by atoms with Crippen molar-refractivity contribution in [3.63, 3.8) is 0 Å². The van der Waals surface area contributed by atoms with Gasteiger partial charge in [0.2, 0.25) is 0 Å². The number of rotatable bonds is 6. The predicted molar refractivity (Wildman–Crippen MR) is 69.4 cm³/mol. The highest BCUT2D eigenvalue weighted by atomic mass is 16.5. The lowest BCUT2D eigenvalue weighted by molar-refractivity contribution is -0.0752. The van der Waals surface area contributed by atoms with Gasteiger partial charge in [-0.2, -0.15) is 0 Å². The summed E-state index contributed by atoms with van der Waals surface area (Å²) >= 11 is 0. The van der Waals surface area contributed by atoms with E-state index in [0.29, 0.717) is 6.54 Å². The molecule has 16 heavy (non-hydrogen) atoms. The lowest BCUT2D eigenvalue weighted by atomic mass is 9.74. The fourth-order valence-corrected chi connectivity index (χ4v) is 2.67. The van der Waals surface area contributed by atoms with Crippen molar-refractivity contribution in [1.29, 1.82) is 0 Å². The molecule has 2 N–H and O–H groups in total. The molecule has 0 saturated heterocycles. The third kappa shape index (κ3) is 3.74. The Labute approximate surface area is 101 Å². The van der Waals surface area contributed by atoms with Gasteiger partial charge in [0.1, 0.15) is 0 Å². The van der Waals surface area contributed by atoms with Crippen LogP contribution < -0.4 is 5.73 Å². The van der Waals surface area contributed by atoms with E-state index in [0.717, 1.165) is 37.7 Å². The standard InChI is InChI=1S/C14H29NO/c1-4-5-10-16-14(11-15)8-6-13(7-9-14)12(2)3/h12-13H,4-11,15H2,1-3H3. The fraction of sp³-hybridized carbons (Fsp3) is 1.00. The second-order valence-electron chi connectivity index (χ2n) is 5.67. The molecule has 1 saturated carbocycles. The van der Waals surface area contributed by atoms with Crippen LogP contribution in [0.3, 0.4) is 0 Å². The van der Waals surface area contributed by atoms with E-state index < -0.39 is 0 Å². The number of unbranched alkanes of at least 4 members (excludes halogenated alkanes) is 1. The molecular weight excluding hydrogens is 198 g/mol. The zero-order valence-electron chi connectivity index (χ0n) is 11.3. The van der Waals surface area contributed by atoms with Gasteiger partial charge in [-0.3, -0.25) is 0 Å². The minimum absolute atomic E-state index is 0.0144. The Bertz CT molecular complexity index is 183. The lowest BCUT2D eigenvalue weighted by Gasteiger charge is -2.40. The molecule has 1 rings (SSSR count). The molecule has 0 aromatic rings. The highest BCUT2D eigenvalue weighted by molar-refractivity contribution is 4.89. The van der Waals surface area contributed by atoms with Crippen LogP contribution in [0.4, 0.5) is 0 Å². The van der Waals surface area contributed by atoms with Crippen molar-refractivity contribution in [3.8, 4) is 0 Å². The van der Waals surface area contributed by atoms with Crippen LogP contribution in [-0.4, -0.2) is 18.8 Å². The second-order valence-corrected chi connectivity index (χ2v) is 5.67. The van der Waals surface area contributed by atoms with Gasteiger partial charge < -0.3 is 10.5 Å². The molecule has 0 spiro atoms. The number of nitrogens with two attached hydrogens (primary N) is 1. The SMILES string of the molecule is CCCCOC1(CN)CCC(C(C)C)CC1. The molecule has 0 bridgehead atoms. The first-order chi connectivity index (χ1) is 7.63. The number of ether oxygens (including phenoxy) is 1. The van der Waals surface area contributed by atoms with E-state index >= 15 is 0 Å². The summed E-state index contributed by atoms with van der Waals surface area (Å²) in [5, 5.41) is 0. The summed E-state index contributed by atoms with van der Waals surface area (Å²) in [6.07, 6.45) is 7.28. The van der Waals surface area contributed by atoms with E-state index in [1.54, 1.807) is 0 Å². The van der Waals surface area contributed by atoms with Gasteiger partial charge >= 0.3 is 0 Å². The molecule has 2 heteroatoms. The Morgan fingerprint density at radius 2 is 1.94 bits per heavy atom. The maximum absolute atomic E-state index is 6.06. The van der Waals surface area contributed by atoms with Crippen molar-refractivity contribution in [2.75, 3.05) is 13.2 Å². The summed E-state index contributed by atoms with van der Waals surface area (Å²) < 4.78 is 6.06. The third-order valence-corrected chi connectivity index (χ3v) is 4.16. The first-order valence-corrected chi connectivity index (χ1v) is 6.97. The Hall–Kier alpha value is -0.0800. The lowest BCUT2D eigenvalue weighted by Crippen LogP contribution is -2.44. The van der Waals surface area contributed by atoms with Gasteiger partial charge in [-0.1, -0.05) is 27.2 Å². The van der Waals surface area contributed by atoms with Crippen LogP contribution in [0.5, 0.6) is 0 Å². The summed E-state index contributed by atoms with van der Waals surface area (Å²) in [5.41, 5.74) is 5.93. The van der Waals surface area contributed by atoms with Crippen LogP contribution in [-0.2, 0) is 4.74 Å². The smallest absolute Gasteiger partial charge is 0.0804 e. The quantitative estimate of drug-likeness (QED) is 0.706. The first kappa shape index (κ1) is 14.0. The van der Waals surface area contributed by atoms with E-state index in [9.17, 15) is 0 Å². The molecule has 1 aliphatic rings. The molecule has 1 aliphatic carbocycles. The molecule has 0 unspecified atom stereocenters. The van der Waals surface area contributed by atoms with Crippen molar-refractivity contribution in [1.82, 2.24) is 0 Å². The molecule has 96 valence electrons. The van der Waals surface area contributed by atoms with Crippen LogP contribution >= 0.6 is 0 Å². The van der Waals surface area contributed by atoms with Crippen LogP contribution in [0, 0.1) is 11.8 Å². The topological polar surface area (TPSA) is 35.2 Å². The molecule has 1 fully saturated rings. The fourth-order valence-electron chi connectivity index (χ4n) is 2.67. The van der Waals surface area contributed by atoms with E-state index in [2.05, 4.69) is 20.8 Å². The summed E-state index contributed by atoms with van der Waals surface area (Å²) in [7, 11) is 0. The predicted octanol–water partition coefficient (Wildman–Crippen LogP) is 3.35. The molecule has 0 aromatic carbocycles. The van der Waals surface area contributed by atoms with Gasteiger partial charge in [0.25, 0.3) is 0 Å². The Morgan fingerprint density at radius 3 is 2.38 bits per heavy atom. The molecule has 0 amide bonds. The largest absolute Gasteiger partial charge is 0.374 e. The molecular formula is C14H29NO. The first-order valence-electron chi connectivity index (χ1n) is 6.97. The van der Waals surface area contributed by atoms with Crippen molar-refractivity contribution in [2.24, 2.45) is 17.6 Å². The maximum Gasteiger partial charge on any atom is 0.0804 e.